The molecular weight excluding hydrogens is 244 g/mol. The Labute approximate surface area is 102 Å². The first-order chi connectivity index (χ1) is 8.60. The second kappa shape index (κ2) is 5.14. The zero-order valence-electron chi connectivity index (χ0n) is 9.56. The Morgan fingerprint density at radius 1 is 1.44 bits per heavy atom. The minimum atomic E-state index is -2.85. The van der Waals surface area contributed by atoms with Gasteiger partial charge < -0.3 is 14.3 Å². The Morgan fingerprint density at radius 2 is 2.22 bits per heavy atom. The van der Waals surface area contributed by atoms with Gasteiger partial charge in [0, 0.05) is 5.56 Å². The number of ether oxygens (including phenoxy) is 1. The first kappa shape index (κ1) is 12.5. The highest BCUT2D eigenvalue weighted by Gasteiger charge is 2.11. The van der Waals surface area contributed by atoms with Crippen LogP contribution >= 0.6 is 0 Å². The van der Waals surface area contributed by atoms with Gasteiger partial charge in [0.2, 0.25) is 5.89 Å². The van der Waals surface area contributed by atoms with Gasteiger partial charge in [0.15, 0.2) is 0 Å². The minimum absolute atomic E-state index is 0.114. The van der Waals surface area contributed by atoms with Gasteiger partial charge >= 0.3 is 6.61 Å². The van der Waals surface area contributed by atoms with E-state index in [9.17, 15) is 8.78 Å². The molecule has 0 aliphatic rings. The number of aryl methyl sites for hydroxylation is 1. The second-order valence-corrected chi connectivity index (χ2v) is 3.66. The number of aliphatic hydroxyl groups excluding tert-OH is 1. The van der Waals surface area contributed by atoms with Crippen molar-refractivity contribution >= 4 is 0 Å². The van der Waals surface area contributed by atoms with E-state index >= 15 is 0 Å². The molecule has 0 atom stereocenters. The lowest BCUT2D eigenvalue weighted by atomic mass is 10.1. The molecule has 2 aromatic rings. The summed E-state index contributed by atoms with van der Waals surface area (Å²) in [4.78, 5) is 4.03. The molecule has 0 aliphatic carbocycles. The fourth-order valence-corrected chi connectivity index (χ4v) is 1.52. The van der Waals surface area contributed by atoms with E-state index in [1.54, 1.807) is 19.1 Å². The average Bonchev–Trinajstić information content (AvgIpc) is 2.80. The molecule has 2 rings (SSSR count). The number of halogens is 2. The normalized spacial score (nSPS) is 10.9. The highest BCUT2D eigenvalue weighted by Crippen LogP contribution is 2.26. The summed E-state index contributed by atoms with van der Waals surface area (Å²) in [5, 5.41) is 8.87. The minimum Gasteiger partial charge on any atom is -0.444 e. The summed E-state index contributed by atoms with van der Waals surface area (Å²) in [6, 6.07) is 4.63. The molecule has 0 fully saturated rings. The summed E-state index contributed by atoms with van der Waals surface area (Å²) >= 11 is 0. The van der Waals surface area contributed by atoms with E-state index in [0.29, 0.717) is 22.7 Å². The van der Waals surface area contributed by atoms with Gasteiger partial charge in [-0.3, -0.25) is 0 Å². The number of oxazole rings is 1. The van der Waals surface area contributed by atoms with Crippen LogP contribution in [0.5, 0.6) is 5.75 Å². The average molecular weight is 255 g/mol. The Kier molecular flexibility index (Phi) is 3.57. The molecule has 0 amide bonds. The molecule has 18 heavy (non-hydrogen) atoms. The van der Waals surface area contributed by atoms with E-state index in [4.69, 9.17) is 9.52 Å². The number of aliphatic hydroxyl groups is 1. The molecule has 0 spiro atoms. The van der Waals surface area contributed by atoms with E-state index in [0.717, 1.165) is 0 Å². The largest absolute Gasteiger partial charge is 0.444 e. The zero-order valence-corrected chi connectivity index (χ0v) is 9.56. The SMILES string of the molecule is Cc1cc(-c2nc(CO)co2)ccc1OC(F)F. The van der Waals surface area contributed by atoms with Gasteiger partial charge in [-0.05, 0) is 30.7 Å². The third-order valence-corrected chi connectivity index (χ3v) is 2.35. The van der Waals surface area contributed by atoms with E-state index in [-0.39, 0.29) is 12.4 Å². The Hall–Kier alpha value is -1.95. The van der Waals surface area contributed by atoms with Crippen LogP contribution in [0.4, 0.5) is 8.78 Å². The fraction of sp³-hybridized carbons (Fsp3) is 0.250. The van der Waals surface area contributed by atoms with Crippen molar-refractivity contribution in [1.29, 1.82) is 0 Å². The van der Waals surface area contributed by atoms with Gasteiger partial charge in [0.1, 0.15) is 17.7 Å². The predicted molar refractivity (Wildman–Crippen MR) is 59.2 cm³/mol. The summed E-state index contributed by atoms with van der Waals surface area (Å²) in [7, 11) is 0. The zero-order chi connectivity index (χ0) is 13.1. The first-order valence-corrected chi connectivity index (χ1v) is 5.21. The highest BCUT2D eigenvalue weighted by atomic mass is 19.3. The van der Waals surface area contributed by atoms with Gasteiger partial charge in [0.25, 0.3) is 0 Å². The van der Waals surface area contributed by atoms with Crippen molar-refractivity contribution in [3.8, 4) is 17.2 Å². The lowest BCUT2D eigenvalue weighted by Crippen LogP contribution is -2.03. The molecule has 1 N–H and O–H groups in total. The van der Waals surface area contributed by atoms with Crippen molar-refractivity contribution in [3.05, 3.63) is 35.7 Å². The van der Waals surface area contributed by atoms with Crippen LogP contribution in [-0.4, -0.2) is 16.7 Å². The molecule has 0 bridgehead atoms. The number of benzene rings is 1. The number of hydrogen-bond acceptors (Lipinski definition) is 4. The van der Waals surface area contributed by atoms with E-state index in [2.05, 4.69) is 9.72 Å². The van der Waals surface area contributed by atoms with Crippen molar-refractivity contribution in [2.45, 2.75) is 20.1 Å². The molecule has 0 radical (unpaired) electrons. The van der Waals surface area contributed by atoms with Crippen LogP contribution in [-0.2, 0) is 6.61 Å². The molecule has 0 aliphatic heterocycles. The Balaban J connectivity index is 2.28. The number of alkyl halides is 2. The molecule has 1 aromatic heterocycles. The molecule has 0 unspecified atom stereocenters. The summed E-state index contributed by atoms with van der Waals surface area (Å²) in [5.41, 5.74) is 1.60. The Bertz CT molecular complexity index is 540. The third kappa shape index (κ3) is 2.65. The van der Waals surface area contributed by atoms with Crippen molar-refractivity contribution < 1.29 is 23.0 Å². The molecular formula is C12H11F2NO3. The summed E-state index contributed by atoms with van der Waals surface area (Å²) in [6.07, 6.45) is 1.34. The summed E-state index contributed by atoms with van der Waals surface area (Å²) < 4.78 is 33.7. The van der Waals surface area contributed by atoms with Crippen LogP contribution < -0.4 is 4.74 Å². The molecule has 1 aromatic carbocycles. The maximum Gasteiger partial charge on any atom is 0.387 e. The first-order valence-electron chi connectivity index (χ1n) is 5.21. The van der Waals surface area contributed by atoms with Crippen LogP contribution in [0.3, 0.4) is 0 Å². The molecule has 4 nitrogen and oxygen atoms in total. The second-order valence-electron chi connectivity index (χ2n) is 3.66. The topological polar surface area (TPSA) is 55.5 Å². The highest BCUT2D eigenvalue weighted by molar-refractivity contribution is 5.57. The van der Waals surface area contributed by atoms with Gasteiger partial charge in [0.05, 0.1) is 6.61 Å². The molecule has 0 saturated carbocycles. The molecule has 0 saturated heterocycles. The third-order valence-electron chi connectivity index (χ3n) is 2.35. The van der Waals surface area contributed by atoms with Crippen LogP contribution in [0.15, 0.2) is 28.9 Å². The quantitative estimate of drug-likeness (QED) is 0.912. The van der Waals surface area contributed by atoms with Crippen LogP contribution in [0.2, 0.25) is 0 Å². The van der Waals surface area contributed by atoms with Crippen LogP contribution in [0.1, 0.15) is 11.3 Å². The van der Waals surface area contributed by atoms with Gasteiger partial charge in [-0.1, -0.05) is 0 Å². The molecule has 1 heterocycles. The predicted octanol–water partition coefficient (Wildman–Crippen LogP) is 2.74. The van der Waals surface area contributed by atoms with Gasteiger partial charge in [-0.25, -0.2) is 4.98 Å². The maximum atomic E-state index is 12.1. The number of rotatable bonds is 4. The van der Waals surface area contributed by atoms with Gasteiger partial charge in [-0.15, -0.1) is 0 Å². The van der Waals surface area contributed by atoms with Crippen molar-refractivity contribution in [3.63, 3.8) is 0 Å². The number of nitrogens with zero attached hydrogens (tertiary/aromatic N) is 1. The fourth-order valence-electron chi connectivity index (χ4n) is 1.52. The molecule has 6 heteroatoms. The lowest BCUT2D eigenvalue weighted by molar-refractivity contribution is -0.0502. The van der Waals surface area contributed by atoms with E-state index in [1.807, 2.05) is 0 Å². The van der Waals surface area contributed by atoms with Crippen molar-refractivity contribution in [1.82, 2.24) is 4.98 Å². The smallest absolute Gasteiger partial charge is 0.387 e. The standard InChI is InChI=1S/C12H11F2NO3/c1-7-4-8(2-3-10(7)18-12(13)14)11-15-9(5-16)6-17-11/h2-4,6,12,16H,5H2,1H3. The Morgan fingerprint density at radius 3 is 2.78 bits per heavy atom. The summed E-state index contributed by atoms with van der Waals surface area (Å²) in [6.45, 7) is -1.41. The summed E-state index contributed by atoms with van der Waals surface area (Å²) in [5.74, 6) is 0.438. The van der Waals surface area contributed by atoms with E-state index < -0.39 is 6.61 Å². The van der Waals surface area contributed by atoms with Gasteiger partial charge in [-0.2, -0.15) is 8.78 Å². The maximum absolute atomic E-state index is 12.1. The van der Waals surface area contributed by atoms with Crippen LogP contribution in [0, 0.1) is 6.92 Å². The monoisotopic (exact) mass is 255 g/mol. The van der Waals surface area contributed by atoms with Crippen molar-refractivity contribution in [2.24, 2.45) is 0 Å². The lowest BCUT2D eigenvalue weighted by Gasteiger charge is -2.08. The van der Waals surface area contributed by atoms with E-state index in [1.165, 1.54) is 12.3 Å². The van der Waals surface area contributed by atoms with Crippen molar-refractivity contribution in [2.75, 3.05) is 0 Å². The molecule has 96 valence electrons. The number of hydrogen-bond donors (Lipinski definition) is 1. The van der Waals surface area contributed by atoms with Crippen LogP contribution in [0.25, 0.3) is 11.5 Å². The number of aromatic nitrogens is 1.